The van der Waals surface area contributed by atoms with Gasteiger partial charge in [0.15, 0.2) is 0 Å². The molecule has 1 aliphatic heterocycles. The summed E-state index contributed by atoms with van der Waals surface area (Å²) in [5, 5.41) is 3.78. The topological polar surface area (TPSA) is 21.3 Å². The first kappa shape index (κ1) is 13.0. The molecular formula is C17H25NO. The fourth-order valence-electron chi connectivity index (χ4n) is 2.81. The highest BCUT2D eigenvalue weighted by Crippen LogP contribution is 2.39. The average Bonchev–Trinajstić information content (AvgIpc) is 3.11. The molecule has 1 saturated carbocycles. The van der Waals surface area contributed by atoms with Crippen molar-refractivity contribution in [1.82, 2.24) is 5.32 Å². The maximum Gasteiger partial charge on any atom is 0.124 e. The summed E-state index contributed by atoms with van der Waals surface area (Å²) >= 11 is 0. The van der Waals surface area contributed by atoms with E-state index in [1.54, 1.807) is 0 Å². The Morgan fingerprint density at radius 2 is 1.95 bits per heavy atom. The first-order chi connectivity index (χ1) is 8.93. The highest BCUT2D eigenvalue weighted by molar-refractivity contribution is 5.43. The molecule has 2 nitrogen and oxygen atoms in total. The molecule has 0 spiro atoms. The molecule has 0 aromatic heterocycles. The molecule has 1 aliphatic carbocycles. The molecule has 2 atom stereocenters. The van der Waals surface area contributed by atoms with Crippen molar-refractivity contribution >= 4 is 0 Å². The van der Waals surface area contributed by atoms with Crippen LogP contribution in [0.15, 0.2) is 18.2 Å². The lowest BCUT2D eigenvalue weighted by atomic mass is 9.84. The van der Waals surface area contributed by atoms with Gasteiger partial charge >= 0.3 is 0 Å². The van der Waals surface area contributed by atoms with E-state index in [1.807, 2.05) is 0 Å². The largest absolute Gasteiger partial charge is 0.490 e. The third kappa shape index (κ3) is 2.79. The molecular weight excluding hydrogens is 234 g/mol. The van der Waals surface area contributed by atoms with Crippen LogP contribution in [0.2, 0.25) is 0 Å². The number of ether oxygens (including phenoxy) is 1. The van der Waals surface area contributed by atoms with Gasteiger partial charge in [0.1, 0.15) is 5.75 Å². The van der Waals surface area contributed by atoms with Gasteiger partial charge in [0, 0.05) is 24.1 Å². The highest BCUT2D eigenvalue weighted by atomic mass is 16.5. The summed E-state index contributed by atoms with van der Waals surface area (Å²) in [7, 11) is 0. The Balaban J connectivity index is 1.94. The van der Waals surface area contributed by atoms with Crippen LogP contribution in [0, 0.1) is 0 Å². The van der Waals surface area contributed by atoms with Gasteiger partial charge in [0.05, 0.1) is 6.10 Å². The van der Waals surface area contributed by atoms with E-state index in [1.165, 1.54) is 24.0 Å². The number of hydrogen-bond acceptors (Lipinski definition) is 2. The Labute approximate surface area is 116 Å². The summed E-state index contributed by atoms with van der Waals surface area (Å²) in [6.07, 6.45) is 4.06. The molecule has 2 heteroatoms. The van der Waals surface area contributed by atoms with Crippen LogP contribution in [-0.4, -0.2) is 12.1 Å². The molecule has 0 saturated heterocycles. The van der Waals surface area contributed by atoms with E-state index in [0.29, 0.717) is 12.1 Å². The van der Waals surface area contributed by atoms with E-state index in [4.69, 9.17) is 4.74 Å². The van der Waals surface area contributed by atoms with Crippen LogP contribution in [0.25, 0.3) is 0 Å². The van der Waals surface area contributed by atoms with Gasteiger partial charge in [0.2, 0.25) is 0 Å². The van der Waals surface area contributed by atoms with Crippen LogP contribution in [0.4, 0.5) is 0 Å². The maximum atomic E-state index is 5.99. The SMILES string of the molecule is CC1CC(NC2CC2)c2cc(C(C)(C)C)ccc2O1. The van der Waals surface area contributed by atoms with E-state index in [-0.39, 0.29) is 5.41 Å². The second-order valence-electron chi connectivity index (χ2n) is 7.16. The van der Waals surface area contributed by atoms with Crippen molar-refractivity contribution in [1.29, 1.82) is 0 Å². The lowest BCUT2D eigenvalue weighted by molar-refractivity contribution is 0.165. The normalized spacial score (nSPS) is 26.7. The fraction of sp³-hybridized carbons (Fsp3) is 0.647. The van der Waals surface area contributed by atoms with Crippen LogP contribution in [0.3, 0.4) is 0 Å². The van der Waals surface area contributed by atoms with Crippen LogP contribution >= 0.6 is 0 Å². The number of nitrogens with one attached hydrogen (secondary N) is 1. The molecule has 19 heavy (non-hydrogen) atoms. The van der Waals surface area contributed by atoms with Gasteiger partial charge in [-0.25, -0.2) is 0 Å². The van der Waals surface area contributed by atoms with Gasteiger partial charge in [-0.3, -0.25) is 0 Å². The number of fused-ring (bicyclic) bond motifs is 1. The first-order valence-corrected chi connectivity index (χ1v) is 7.50. The second kappa shape index (κ2) is 4.52. The molecule has 1 aromatic carbocycles. The third-order valence-corrected chi connectivity index (χ3v) is 4.16. The Morgan fingerprint density at radius 1 is 1.21 bits per heavy atom. The first-order valence-electron chi connectivity index (χ1n) is 7.50. The molecule has 0 amide bonds. The van der Waals surface area contributed by atoms with Crippen LogP contribution < -0.4 is 10.1 Å². The standard InChI is InChI=1S/C17H25NO/c1-11-9-15(18-13-6-7-13)14-10-12(17(2,3)4)5-8-16(14)19-11/h5,8,10-11,13,15,18H,6-7,9H2,1-4H3. The van der Waals surface area contributed by atoms with Crippen molar-refractivity contribution in [2.24, 2.45) is 0 Å². The zero-order valence-electron chi connectivity index (χ0n) is 12.5. The van der Waals surface area contributed by atoms with E-state index in [0.717, 1.165) is 18.2 Å². The monoisotopic (exact) mass is 259 g/mol. The summed E-state index contributed by atoms with van der Waals surface area (Å²) < 4.78 is 5.99. The van der Waals surface area contributed by atoms with Crippen LogP contribution in [-0.2, 0) is 5.41 Å². The lowest BCUT2D eigenvalue weighted by Gasteiger charge is -2.33. The van der Waals surface area contributed by atoms with Gasteiger partial charge in [-0.1, -0.05) is 26.8 Å². The Bertz CT molecular complexity index is 471. The summed E-state index contributed by atoms with van der Waals surface area (Å²) in [5.74, 6) is 1.07. The third-order valence-electron chi connectivity index (χ3n) is 4.16. The molecule has 3 rings (SSSR count). The van der Waals surface area contributed by atoms with Crippen molar-refractivity contribution in [2.75, 3.05) is 0 Å². The summed E-state index contributed by atoms with van der Waals surface area (Å²) in [6, 6.07) is 7.93. The van der Waals surface area contributed by atoms with Crippen molar-refractivity contribution in [2.45, 2.75) is 70.6 Å². The summed E-state index contributed by atoms with van der Waals surface area (Å²) in [4.78, 5) is 0. The van der Waals surface area contributed by atoms with Gasteiger partial charge in [-0.05, 0) is 42.9 Å². The molecule has 104 valence electrons. The number of rotatable bonds is 2. The van der Waals surface area contributed by atoms with Gasteiger partial charge in [-0.15, -0.1) is 0 Å². The fourth-order valence-corrected chi connectivity index (χ4v) is 2.81. The van der Waals surface area contributed by atoms with E-state index >= 15 is 0 Å². The molecule has 0 radical (unpaired) electrons. The van der Waals surface area contributed by atoms with E-state index in [9.17, 15) is 0 Å². The second-order valence-corrected chi connectivity index (χ2v) is 7.16. The van der Waals surface area contributed by atoms with Crippen LogP contribution in [0.5, 0.6) is 5.75 Å². The molecule has 1 N–H and O–H groups in total. The lowest BCUT2D eigenvalue weighted by Crippen LogP contribution is -2.33. The van der Waals surface area contributed by atoms with E-state index < -0.39 is 0 Å². The highest BCUT2D eigenvalue weighted by Gasteiger charge is 2.32. The zero-order valence-corrected chi connectivity index (χ0v) is 12.5. The van der Waals surface area contributed by atoms with Crippen molar-refractivity contribution < 1.29 is 4.74 Å². The number of benzene rings is 1. The molecule has 0 bridgehead atoms. The quantitative estimate of drug-likeness (QED) is 0.868. The maximum absolute atomic E-state index is 5.99. The molecule has 1 aromatic rings. The zero-order chi connectivity index (χ0) is 13.6. The molecule has 2 unspecified atom stereocenters. The van der Waals surface area contributed by atoms with Crippen molar-refractivity contribution in [3.63, 3.8) is 0 Å². The summed E-state index contributed by atoms with van der Waals surface area (Å²) in [6.45, 7) is 8.97. The number of hydrogen-bond donors (Lipinski definition) is 1. The smallest absolute Gasteiger partial charge is 0.124 e. The average molecular weight is 259 g/mol. The Hall–Kier alpha value is -1.02. The molecule has 2 aliphatic rings. The van der Waals surface area contributed by atoms with Crippen molar-refractivity contribution in [3.8, 4) is 5.75 Å². The Kier molecular flexibility index (Phi) is 3.09. The predicted molar refractivity (Wildman–Crippen MR) is 78.7 cm³/mol. The van der Waals surface area contributed by atoms with Crippen LogP contribution in [0.1, 0.15) is 64.1 Å². The van der Waals surface area contributed by atoms with Crippen molar-refractivity contribution in [3.05, 3.63) is 29.3 Å². The van der Waals surface area contributed by atoms with E-state index in [2.05, 4.69) is 51.2 Å². The minimum atomic E-state index is 0.197. The minimum Gasteiger partial charge on any atom is -0.490 e. The Morgan fingerprint density at radius 3 is 2.58 bits per heavy atom. The van der Waals surface area contributed by atoms with Gasteiger partial charge in [-0.2, -0.15) is 0 Å². The summed E-state index contributed by atoms with van der Waals surface area (Å²) in [5.41, 5.74) is 2.95. The van der Waals surface area contributed by atoms with Gasteiger partial charge < -0.3 is 10.1 Å². The van der Waals surface area contributed by atoms with Gasteiger partial charge in [0.25, 0.3) is 0 Å². The minimum absolute atomic E-state index is 0.197. The predicted octanol–water partition coefficient (Wildman–Crippen LogP) is 3.95. The molecule has 1 heterocycles. The molecule has 1 fully saturated rings.